The largest absolute Gasteiger partial charge is 0.439 e. The number of pyridine rings is 4. The second-order valence-electron chi connectivity index (χ2n) is 8.01. The monoisotopic (exact) mass is 439 g/mol. The topological polar surface area (TPSA) is 69.6 Å². The van der Waals surface area contributed by atoms with E-state index in [0.29, 0.717) is 0 Å². The predicted molar refractivity (Wildman–Crippen MR) is 133 cm³/mol. The summed E-state index contributed by atoms with van der Waals surface area (Å²) in [5, 5.41) is 3.16. The average Bonchev–Trinajstić information content (AvgIpc) is 3.44. The zero-order valence-corrected chi connectivity index (χ0v) is 18.0. The third kappa shape index (κ3) is 2.82. The van der Waals surface area contributed by atoms with Gasteiger partial charge < -0.3 is 4.42 Å². The Morgan fingerprint density at radius 1 is 0.588 bits per heavy atom. The van der Waals surface area contributed by atoms with E-state index in [1.54, 1.807) is 18.6 Å². The van der Waals surface area contributed by atoms with Crippen LogP contribution in [0.1, 0.15) is 0 Å². The zero-order chi connectivity index (χ0) is 22.5. The van der Waals surface area contributed by atoms with Gasteiger partial charge in [0.15, 0.2) is 0 Å². The Hall–Kier alpha value is -4.84. The molecule has 0 radical (unpaired) electrons. The Bertz CT molecular complexity index is 1750. The van der Waals surface area contributed by atoms with Gasteiger partial charge in [-0.2, -0.15) is 0 Å². The number of furan rings is 1. The van der Waals surface area contributed by atoms with Crippen molar-refractivity contribution in [2.75, 3.05) is 0 Å². The summed E-state index contributed by atoms with van der Waals surface area (Å²) < 4.78 is 8.45. The standard InChI is InChI=1S/C28H17N5O/c1-2-12-25-19(8-1)26-20-9-7-15-31-27(20)33(28(26)34-25)18-16-23(21-10-3-5-13-29-21)32-24(17-18)22-11-4-6-14-30-22/h1-17H. The molecule has 6 heterocycles. The van der Waals surface area contributed by atoms with Crippen molar-refractivity contribution >= 4 is 33.1 Å². The lowest BCUT2D eigenvalue weighted by atomic mass is 10.1. The van der Waals surface area contributed by atoms with Crippen LogP contribution in [-0.2, 0) is 0 Å². The fourth-order valence-electron chi connectivity index (χ4n) is 4.49. The fourth-order valence-corrected chi connectivity index (χ4v) is 4.49. The summed E-state index contributed by atoms with van der Waals surface area (Å²) >= 11 is 0. The van der Waals surface area contributed by atoms with Gasteiger partial charge in [-0.1, -0.05) is 30.3 Å². The molecule has 0 fully saturated rings. The van der Waals surface area contributed by atoms with Crippen molar-refractivity contribution in [3.8, 4) is 28.5 Å². The van der Waals surface area contributed by atoms with Gasteiger partial charge >= 0.3 is 0 Å². The normalized spacial score (nSPS) is 11.5. The molecule has 6 aromatic heterocycles. The molecule has 0 N–H and O–H groups in total. The number of hydrogen-bond donors (Lipinski definition) is 0. The summed E-state index contributed by atoms with van der Waals surface area (Å²) in [6, 6.07) is 27.8. The van der Waals surface area contributed by atoms with Crippen molar-refractivity contribution in [3.63, 3.8) is 0 Å². The van der Waals surface area contributed by atoms with Crippen molar-refractivity contribution in [1.82, 2.24) is 24.5 Å². The summed E-state index contributed by atoms with van der Waals surface area (Å²) in [7, 11) is 0. The Labute approximate surface area is 194 Å². The van der Waals surface area contributed by atoms with Crippen LogP contribution in [0.15, 0.2) is 108 Å². The number of benzene rings is 1. The van der Waals surface area contributed by atoms with E-state index in [1.165, 1.54) is 0 Å². The number of nitrogens with zero attached hydrogens (tertiary/aromatic N) is 5. The summed E-state index contributed by atoms with van der Waals surface area (Å²) in [5.74, 6) is 0. The SMILES string of the molecule is c1ccc(-c2cc(-n3c4ncccc4c4c5ccccc5oc43)cc(-c3ccccn3)n2)nc1. The second kappa shape index (κ2) is 7.35. The van der Waals surface area contributed by atoms with E-state index in [1.807, 2.05) is 72.8 Å². The number of para-hydroxylation sites is 1. The van der Waals surface area contributed by atoms with Crippen LogP contribution in [0.25, 0.3) is 61.6 Å². The van der Waals surface area contributed by atoms with Crippen molar-refractivity contribution in [3.05, 3.63) is 104 Å². The van der Waals surface area contributed by atoms with E-state index >= 15 is 0 Å². The van der Waals surface area contributed by atoms with Crippen molar-refractivity contribution in [1.29, 1.82) is 0 Å². The lowest BCUT2D eigenvalue weighted by Crippen LogP contribution is -2.00. The first-order valence-electron chi connectivity index (χ1n) is 11.0. The molecule has 1 aromatic carbocycles. The molecule has 0 aliphatic carbocycles. The summed E-state index contributed by atoms with van der Waals surface area (Å²) in [6.45, 7) is 0. The minimum Gasteiger partial charge on any atom is -0.439 e. The second-order valence-corrected chi connectivity index (χ2v) is 8.01. The Balaban J connectivity index is 1.59. The molecule has 0 atom stereocenters. The molecule has 7 rings (SSSR count). The molecule has 0 saturated carbocycles. The molecule has 0 aliphatic rings. The quantitative estimate of drug-likeness (QED) is 0.317. The lowest BCUT2D eigenvalue weighted by molar-refractivity contribution is 0.645. The maximum absolute atomic E-state index is 6.39. The van der Waals surface area contributed by atoms with E-state index in [0.717, 1.165) is 61.6 Å². The fraction of sp³-hybridized carbons (Fsp3) is 0. The Morgan fingerprint density at radius 2 is 1.24 bits per heavy atom. The maximum atomic E-state index is 6.39. The molecule has 0 spiro atoms. The molecule has 0 aliphatic heterocycles. The number of rotatable bonds is 3. The van der Waals surface area contributed by atoms with Crippen LogP contribution in [-0.4, -0.2) is 24.5 Å². The van der Waals surface area contributed by atoms with Gasteiger partial charge in [-0.3, -0.25) is 14.5 Å². The summed E-state index contributed by atoms with van der Waals surface area (Å²) in [5.41, 5.74) is 6.37. The van der Waals surface area contributed by atoms with Gasteiger partial charge in [0.1, 0.15) is 11.2 Å². The van der Waals surface area contributed by atoms with Gasteiger partial charge in [0.2, 0.25) is 5.71 Å². The smallest absolute Gasteiger partial charge is 0.215 e. The van der Waals surface area contributed by atoms with E-state index in [-0.39, 0.29) is 0 Å². The minimum absolute atomic E-state index is 0.750. The summed E-state index contributed by atoms with van der Waals surface area (Å²) in [4.78, 5) is 18.7. The maximum Gasteiger partial charge on any atom is 0.215 e. The molecule has 0 unspecified atom stereocenters. The molecular weight excluding hydrogens is 422 g/mol. The molecule has 6 nitrogen and oxygen atoms in total. The number of aromatic nitrogens is 5. The van der Waals surface area contributed by atoms with Crippen LogP contribution in [0.5, 0.6) is 0 Å². The van der Waals surface area contributed by atoms with Gasteiger partial charge in [0.25, 0.3) is 0 Å². The Morgan fingerprint density at radius 3 is 1.94 bits per heavy atom. The van der Waals surface area contributed by atoms with Crippen LogP contribution < -0.4 is 0 Å². The van der Waals surface area contributed by atoms with Gasteiger partial charge in [0.05, 0.1) is 33.8 Å². The Kier molecular flexibility index (Phi) is 4.04. The van der Waals surface area contributed by atoms with Crippen molar-refractivity contribution in [2.24, 2.45) is 0 Å². The highest BCUT2D eigenvalue weighted by molar-refractivity contribution is 6.19. The highest BCUT2D eigenvalue weighted by Gasteiger charge is 2.21. The molecule has 7 aromatic rings. The van der Waals surface area contributed by atoms with E-state index in [2.05, 4.69) is 26.7 Å². The molecule has 34 heavy (non-hydrogen) atoms. The minimum atomic E-state index is 0.750. The highest BCUT2D eigenvalue weighted by Crippen LogP contribution is 2.38. The van der Waals surface area contributed by atoms with Gasteiger partial charge in [-0.15, -0.1) is 0 Å². The first-order valence-corrected chi connectivity index (χ1v) is 11.0. The lowest BCUT2D eigenvalue weighted by Gasteiger charge is -2.11. The summed E-state index contributed by atoms with van der Waals surface area (Å²) in [6.07, 6.45) is 5.35. The van der Waals surface area contributed by atoms with Crippen LogP contribution >= 0.6 is 0 Å². The third-order valence-electron chi connectivity index (χ3n) is 5.97. The van der Waals surface area contributed by atoms with Crippen LogP contribution in [0.2, 0.25) is 0 Å². The van der Waals surface area contributed by atoms with Crippen LogP contribution in [0, 0.1) is 0 Å². The highest BCUT2D eigenvalue weighted by atomic mass is 16.3. The molecule has 0 bridgehead atoms. The molecular formula is C28H17N5O. The first-order chi connectivity index (χ1) is 16.9. The number of hydrogen-bond acceptors (Lipinski definition) is 5. The zero-order valence-electron chi connectivity index (χ0n) is 18.0. The van der Waals surface area contributed by atoms with Crippen LogP contribution in [0.4, 0.5) is 0 Å². The van der Waals surface area contributed by atoms with Gasteiger partial charge in [-0.05, 0) is 54.6 Å². The molecule has 6 heteroatoms. The van der Waals surface area contributed by atoms with Crippen LogP contribution in [0.3, 0.4) is 0 Å². The average molecular weight is 439 g/mol. The third-order valence-corrected chi connectivity index (χ3v) is 5.97. The van der Waals surface area contributed by atoms with Crippen molar-refractivity contribution in [2.45, 2.75) is 0 Å². The van der Waals surface area contributed by atoms with Crippen molar-refractivity contribution < 1.29 is 4.42 Å². The van der Waals surface area contributed by atoms with E-state index in [4.69, 9.17) is 14.4 Å². The predicted octanol–water partition coefficient (Wildman–Crippen LogP) is 6.44. The molecule has 0 saturated heterocycles. The van der Waals surface area contributed by atoms with E-state index in [9.17, 15) is 0 Å². The molecule has 160 valence electrons. The van der Waals surface area contributed by atoms with E-state index < -0.39 is 0 Å². The first kappa shape index (κ1) is 18.7. The number of fused-ring (bicyclic) bond motifs is 5. The van der Waals surface area contributed by atoms with Gasteiger partial charge in [0, 0.05) is 29.4 Å². The van der Waals surface area contributed by atoms with Gasteiger partial charge in [-0.25, -0.2) is 9.97 Å². The molecule has 0 amide bonds.